The molecule has 3 rings (SSSR count). The van der Waals surface area contributed by atoms with Crippen molar-refractivity contribution in [3.63, 3.8) is 0 Å². The second-order valence-electron chi connectivity index (χ2n) is 4.86. The van der Waals surface area contributed by atoms with E-state index in [2.05, 4.69) is 20.5 Å². The zero-order valence-electron chi connectivity index (χ0n) is 12.4. The van der Waals surface area contributed by atoms with E-state index in [0.717, 1.165) is 0 Å². The zero-order valence-corrected chi connectivity index (χ0v) is 12.4. The van der Waals surface area contributed by atoms with E-state index in [0.29, 0.717) is 41.6 Å². The van der Waals surface area contributed by atoms with Crippen LogP contribution in [0.15, 0.2) is 30.3 Å². The maximum Gasteiger partial charge on any atom is 0.176 e. The molecule has 6 nitrogen and oxygen atoms in total. The van der Waals surface area contributed by atoms with Crippen LogP contribution in [0.1, 0.15) is 11.4 Å². The molecule has 0 saturated heterocycles. The number of nitrogens with one attached hydrogen (secondary N) is 1. The van der Waals surface area contributed by atoms with E-state index < -0.39 is 0 Å². The first-order valence-corrected chi connectivity index (χ1v) is 6.93. The van der Waals surface area contributed by atoms with Gasteiger partial charge in [0.2, 0.25) is 0 Å². The summed E-state index contributed by atoms with van der Waals surface area (Å²) in [5.41, 5.74) is 1.33. The Hall–Kier alpha value is -2.70. The normalized spacial score (nSPS) is 10.9. The van der Waals surface area contributed by atoms with Gasteiger partial charge in [-0.25, -0.2) is 9.37 Å². The predicted octanol–water partition coefficient (Wildman–Crippen LogP) is 2.24. The Morgan fingerprint density at radius 1 is 1.23 bits per heavy atom. The third-order valence-corrected chi connectivity index (χ3v) is 3.27. The van der Waals surface area contributed by atoms with Gasteiger partial charge in [0.1, 0.15) is 23.2 Å². The van der Waals surface area contributed by atoms with E-state index in [1.807, 2.05) is 19.1 Å². The SMILES string of the molecule is COc1ccc(CCNc2ccc3nc(C)nn3n2)c(F)c1. The molecule has 0 fully saturated rings. The largest absolute Gasteiger partial charge is 0.497 e. The van der Waals surface area contributed by atoms with Gasteiger partial charge in [0.15, 0.2) is 5.65 Å². The molecule has 22 heavy (non-hydrogen) atoms. The number of aromatic nitrogens is 4. The number of aryl methyl sites for hydroxylation is 1. The highest BCUT2D eigenvalue weighted by atomic mass is 19.1. The van der Waals surface area contributed by atoms with Crippen molar-refractivity contribution in [1.82, 2.24) is 19.8 Å². The van der Waals surface area contributed by atoms with Crippen LogP contribution in [0.4, 0.5) is 10.2 Å². The van der Waals surface area contributed by atoms with Crippen molar-refractivity contribution >= 4 is 11.5 Å². The van der Waals surface area contributed by atoms with E-state index in [-0.39, 0.29) is 5.82 Å². The maximum atomic E-state index is 13.8. The summed E-state index contributed by atoms with van der Waals surface area (Å²) in [5.74, 6) is 1.59. The lowest BCUT2D eigenvalue weighted by atomic mass is 10.1. The van der Waals surface area contributed by atoms with Crippen molar-refractivity contribution in [2.24, 2.45) is 0 Å². The predicted molar refractivity (Wildman–Crippen MR) is 80.7 cm³/mol. The third kappa shape index (κ3) is 2.98. The van der Waals surface area contributed by atoms with E-state index in [1.165, 1.54) is 17.8 Å². The first-order valence-electron chi connectivity index (χ1n) is 6.93. The van der Waals surface area contributed by atoms with Gasteiger partial charge in [0, 0.05) is 12.6 Å². The fraction of sp³-hybridized carbons (Fsp3) is 0.267. The van der Waals surface area contributed by atoms with Crippen LogP contribution < -0.4 is 10.1 Å². The monoisotopic (exact) mass is 301 g/mol. The molecule has 114 valence electrons. The summed E-state index contributed by atoms with van der Waals surface area (Å²) in [6.45, 7) is 2.38. The Labute approximate surface area is 126 Å². The van der Waals surface area contributed by atoms with Crippen LogP contribution in [0.3, 0.4) is 0 Å². The fourth-order valence-electron chi connectivity index (χ4n) is 2.16. The van der Waals surface area contributed by atoms with E-state index in [9.17, 15) is 4.39 Å². The summed E-state index contributed by atoms with van der Waals surface area (Å²) in [5, 5.41) is 11.6. The van der Waals surface area contributed by atoms with Gasteiger partial charge in [0.05, 0.1) is 7.11 Å². The number of fused-ring (bicyclic) bond motifs is 1. The zero-order chi connectivity index (χ0) is 15.5. The molecule has 1 aromatic carbocycles. The second-order valence-corrected chi connectivity index (χ2v) is 4.86. The number of nitrogens with zero attached hydrogens (tertiary/aromatic N) is 4. The lowest BCUT2D eigenvalue weighted by molar-refractivity contribution is 0.410. The molecule has 0 aliphatic heterocycles. The quantitative estimate of drug-likeness (QED) is 0.783. The highest BCUT2D eigenvalue weighted by molar-refractivity contribution is 5.43. The van der Waals surface area contributed by atoms with Gasteiger partial charge in [-0.05, 0) is 37.1 Å². The summed E-state index contributed by atoms with van der Waals surface area (Å²) < 4.78 is 20.3. The third-order valence-electron chi connectivity index (χ3n) is 3.27. The Morgan fingerprint density at radius 3 is 2.86 bits per heavy atom. The Bertz CT molecular complexity index is 802. The summed E-state index contributed by atoms with van der Waals surface area (Å²) >= 11 is 0. The average Bonchev–Trinajstić information content (AvgIpc) is 2.88. The molecule has 0 spiro atoms. The number of ether oxygens (including phenoxy) is 1. The topological polar surface area (TPSA) is 64.3 Å². The van der Waals surface area contributed by atoms with Gasteiger partial charge in [0.25, 0.3) is 0 Å². The lowest BCUT2D eigenvalue weighted by Gasteiger charge is -2.07. The smallest absolute Gasteiger partial charge is 0.176 e. The summed E-state index contributed by atoms with van der Waals surface area (Å²) in [6, 6.07) is 8.53. The van der Waals surface area contributed by atoms with Crippen LogP contribution in [0.5, 0.6) is 5.75 Å². The van der Waals surface area contributed by atoms with Gasteiger partial charge in [-0.3, -0.25) is 0 Å². The number of halogens is 1. The molecule has 0 bridgehead atoms. The molecule has 0 radical (unpaired) electrons. The van der Waals surface area contributed by atoms with Crippen LogP contribution in [0.2, 0.25) is 0 Å². The van der Waals surface area contributed by atoms with Crippen LogP contribution >= 0.6 is 0 Å². The molecular weight excluding hydrogens is 285 g/mol. The summed E-state index contributed by atoms with van der Waals surface area (Å²) in [7, 11) is 1.52. The Balaban J connectivity index is 1.64. The number of rotatable bonds is 5. The van der Waals surface area contributed by atoms with Crippen LogP contribution in [0.25, 0.3) is 5.65 Å². The minimum Gasteiger partial charge on any atom is -0.497 e. The molecule has 0 amide bonds. The number of hydrogen-bond acceptors (Lipinski definition) is 5. The molecular formula is C15H16FN5O. The van der Waals surface area contributed by atoms with Crippen molar-refractivity contribution < 1.29 is 9.13 Å². The second kappa shape index (κ2) is 5.97. The Kier molecular flexibility index (Phi) is 3.86. The standard InChI is InChI=1S/C15H16FN5O/c1-10-18-15-6-5-14(20-21(15)19-10)17-8-7-11-3-4-12(22-2)9-13(11)16/h3-6,9H,7-8H2,1-2H3,(H,17,20). The van der Waals surface area contributed by atoms with Crippen molar-refractivity contribution in [2.75, 3.05) is 19.0 Å². The highest BCUT2D eigenvalue weighted by Crippen LogP contribution is 2.16. The minimum atomic E-state index is -0.267. The molecule has 0 atom stereocenters. The van der Waals surface area contributed by atoms with E-state index in [4.69, 9.17) is 4.74 Å². The van der Waals surface area contributed by atoms with Crippen LogP contribution in [0, 0.1) is 12.7 Å². The lowest BCUT2D eigenvalue weighted by Crippen LogP contribution is -2.09. The first kappa shape index (κ1) is 14.2. The summed E-state index contributed by atoms with van der Waals surface area (Å²) in [4.78, 5) is 4.21. The molecule has 2 aromatic heterocycles. The molecule has 0 aliphatic carbocycles. The number of hydrogen-bond donors (Lipinski definition) is 1. The maximum absolute atomic E-state index is 13.8. The van der Waals surface area contributed by atoms with Crippen molar-refractivity contribution in [2.45, 2.75) is 13.3 Å². The highest BCUT2D eigenvalue weighted by Gasteiger charge is 2.05. The molecule has 7 heteroatoms. The van der Waals surface area contributed by atoms with E-state index in [1.54, 1.807) is 12.1 Å². The van der Waals surface area contributed by atoms with Gasteiger partial charge < -0.3 is 10.1 Å². The molecule has 0 aliphatic rings. The average molecular weight is 301 g/mol. The number of methoxy groups -OCH3 is 1. The molecule has 0 saturated carbocycles. The van der Waals surface area contributed by atoms with Gasteiger partial charge in [-0.15, -0.1) is 14.8 Å². The van der Waals surface area contributed by atoms with Crippen molar-refractivity contribution in [3.8, 4) is 5.75 Å². The minimum absolute atomic E-state index is 0.267. The molecule has 0 unspecified atom stereocenters. The molecule has 3 aromatic rings. The van der Waals surface area contributed by atoms with Crippen molar-refractivity contribution in [1.29, 1.82) is 0 Å². The molecule has 1 N–H and O–H groups in total. The number of anilines is 1. The van der Waals surface area contributed by atoms with Crippen molar-refractivity contribution in [3.05, 3.63) is 47.5 Å². The fourth-order valence-corrected chi connectivity index (χ4v) is 2.16. The Morgan fingerprint density at radius 2 is 2.09 bits per heavy atom. The number of benzene rings is 1. The first-order chi connectivity index (χ1) is 10.7. The van der Waals surface area contributed by atoms with Gasteiger partial charge in [-0.1, -0.05) is 6.07 Å². The van der Waals surface area contributed by atoms with Crippen LogP contribution in [-0.4, -0.2) is 33.5 Å². The molecule has 2 heterocycles. The summed E-state index contributed by atoms with van der Waals surface area (Å²) in [6.07, 6.45) is 0.548. The van der Waals surface area contributed by atoms with Gasteiger partial charge in [-0.2, -0.15) is 0 Å². The van der Waals surface area contributed by atoms with Crippen LogP contribution in [-0.2, 0) is 6.42 Å². The van der Waals surface area contributed by atoms with E-state index >= 15 is 0 Å². The van der Waals surface area contributed by atoms with Gasteiger partial charge >= 0.3 is 0 Å².